The van der Waals surface area contributed by atoms with Crippen molar-refractivity contribution in [3.8, 4) is 0 Å². The van der Waals surface area contributed by atoms with Gasteiger partial charge in [0.05, 0.1) is 27.9 Å². The largest absolute Gasteiger partial charge is 1.00 e. The van der Waals surface area contributed by atoms with E-state index in [1.165, 1.54) is 25.5 Å². The first-order chi connectivity index (χ1) is 11.6. The normalized spacial score (nSPS) is 14.8. The number of aromatic nitrogens is 1. The summed E-state index contributed by atoms with van der Waals surface area (Å²) in [4.78, 5) is 16.7. The Morgan fingerprint density at radius 2 is 2.00 bits per heavy atom. The maximum atomic E-state index is 12.3. The summed E-state index contributed by atoms with van der Waals surface area (Å²) in [5, 5.41) is 5.18. The molecule has 1 heterocycles. The highest BCUT2D eigenvalue weighted by atomic mass is 35.5. The Kier molecular flexibility index (Phi) is 7.17. The standard InChI is InChI=1S/C18H20Cl2N2O2.ClH/c1-2-24-18(23)13-10-21-17-12(8-9-14(19)15(17)20)16(13)22-11-6-4-3-5-7-11;/h8-11H,2-7H2,1H3,(H,21,22);1H/p-1. The zero-order valence-electron chi connectivity index (χ0n) is 13.9. The van der Waals surface area contributed by atoms with Gasteiger partial charge in [-0.3, -0.25) is 4.98 Å². The van der Waals surface area contributed by atoms with Crippen LogP contribution in [0.2, 0.25) is 10.0 Å². The summed E-state index contributed by atoms with van der Waals surface area (Å²) in [5.41, 5.74) is 1.77. The van der Waals surface area contributed by atoms with Gasteiger partial charge in [-0.1, -0.05) is 42.5 Å². The molecule has 1 N–H and O–H groups in total. The van der Waals surface area contributed by atoms with Gasteiger partial charge in [0.1, 0.15) is 5.56 Å². The fraction of sp³-hybridized carbons (Fsp3) is 0.444. The van der Waals surface area contributed by atoms with E-state index in [-0.39, 0.29) is 18.4 Å². The average Bonchev–Trinajstić information content (AvgIpc) is 2.59. The van der Waals surface area contributed by atoms with Crippen molar-refractivity contribution in [2.45, 2.75) is 45.1 Å². The first-order valence-corrected chi connectivity index (χ1v) is 9.07. The molecule has 3 rings (SSSR count). The summed E-state index contributed by atoms with van der Waals surface area (Å²) in [7, 11) is 0. The molecule has 0 atom stereocenters. The molecule has 25 heavy (non-hydrogen) atoms. The third-order valence-electron chi connectivity index (χ3n) is 4.38. The van der Waals surface area contributed by atoms with E-state index in [0.717, 1.165) is 23.9 Å². The number of ether oxygens (including phenoxy) is 1. The summed E-state index contributed by atoms with van der Waals surface area (Å²) in [5.74, 6) is -0.378. The molecule has 1 aromatic carbocycles. The number of nitrogens with one attached hydrogen (secondary N) is 1. The van der Waals surface area contributed by atoms with E-state index in [1.807, 2.05) is 6.07 Å². The maximum Gasteiger partial charge on any atom is 0.341 e. The molecule has 0 bridgehead atoms. The van der Waals surface area contributed by atoms with Gasteiger partial charge in [0.25, 0.3) is 0 Å². The van der Waals surface area contributed by atoms with Crippen molar-refractivity contribution in [3.63, 3.8) is 0 Å². The van der Waals surface area contributed by atoms with Crippen LogP contribution in [0, 0.1) is 0 Å². The number of esters is 1. The summed E-state index contributed by atoms with van der Waals surface area (Å²) in [6.07, 6.45) is 7.36. The number of fused-ring (bicyclic) bond motifs is 1. The molecule has 2 aromatic rings. The minimum Gasteiger partial charge on any atom is -1.00 e. The molecule has 0 saturated heterocycles. The topological polar surface area (TPSA) is 51.2 Å². The van der Waals surface area contributed by atoms with Crippen molar-refractivity contribution < 1.29 is 21.9 Å². The SMILES string of the molecule is CCOC(=O)c1cnc2c(Cl)c(Cl)ccc2c1NC1CCCCC1.[Cl-]. The number of hydrogen-bond acceptors (Lipinski definition) is 4. The summed E-state index contributed by atoms with van der Waals surface area (Å²) < 4.78 is 5.18. The van der Waals surface area contributed by atoms with Gasteiger partial charge in [0.15, 0.2) is 0 Å². The van der Waals surface area contributed by atoms with Crippen LogP contribution in [0.15, 0.2) is 18.3 Å². The van der Waals surface area contributed by atoms with E-state index in [1.54, 1.807) is 13.0 Å². The molecule has 0 amide bonds. The number of rotatable bonds is 4. The highest BCUT2D eigenvalue weighted by Gasteiger charge is 2.22. The third-order valence-corrected chi connectivity index (χ3v) is 5.17. The Labute approximate surface area is 163 Å². The van der Waals surface area contributed by atoms with Gasteiger partial charge in [0.2, 0.25) is 0 Å². The second kappa shape index (κ2) is 8.93. The molecule has 1 fully saturated rings. The number of anilines is 1. The second-order valence-corrected chi connectivity index (χ2v) is 6.79. The van der Waals surface area contributed by atoms with Gasteiger partial charge in [0, 0.05) is 17.6 Å². The highest BCUT2D eigenvalue weighted by molar-refractivity contribution is 6.45. The van der Waals surface area contributed by atoms with Crippen molar-refractivity contribution in [2.75, 3.05) is 11.9 Å². The predicted molar refractivity (Wildman–Crippen MR) is 98.2 cm³/mol. The Hall–Kier alpha value is -1.23. The maximum absolute atomic E-state index is 12.3. The van der Waals surface area contributed by atoms with E-state index in [4.69, 9.17) is 27.9 Å². The van der Waals surface area contributed by atoms with Gasteiger partial charge < -0.3 is 22.5 Å². The molecule has 1 aliphatic rings. The van der Waals surface area contributed by atoms with E-state index < -0.39 is 0 Å². The Morgan fingerprint density at radius 3 is 2.68 bits per heavy atom. The summed E-state index contributed by atoms with van der Waals surface area (Å²) >= 11 is 12.4. The predicted octanol–water partition coefficient (Wildman–Crippen LogP) is 2.47. The minimum atomic E-state index is -0.378. The fourth-order valence-corrected chi connectivity index (χ4v) is 3.54. The van der Waals surface area contributed by atoms with E-state index >= 15 is 0 Å². The van der Waals surface area contributed by atoms with Gasteiger partial charge in [-0.05, 0) is 31.9 Å². The Morgan fingerprint density at radius 1 is 1.28 bits per heavy atom. The van der Waals surface area contributed by atoms with Gasteiger partial charge in [-0.2, -0.15) is 0 Å². The van der Waals surface area contributed by atoms with Crippen LogP contribution in [0.1, 0.15) is 49.4 Å². The van der Waals surface area contributed by atoms with Crippen LogP contribution < -0.4 is 17.7 Å². The molecule has 136 valence electrons. The van der Waals surface area contributed by atoms with Crippen molar-refractivity contribution in [1.82, 2.24) is 4.98 Å². The first kappa shape index (κ1) is 20.1. The monoisotopic (exact) mass is 401 g/mol. The molecule has 0 spiro atoms. The summed E-state index contributed by atoms with van der Waals surface area (Å²) in [6, 6.07) is 3.92. The van der Waals surface area contributed by atoms with Crippen LogP contribution in [-0.2, 0) is 4.74 Å². The zero-order chi connectivity index (χ0) is 17.1. The van der Waals surface area contributed by atoms with Crippen LogP contribution in [0.25, 0.3) is 10.9 Å². The van der Waals surface area contributed by atoms with Crippen molar-refractivity contribution in [2.24, 2.45) is 0 Å². The molecule has 0 unspecified atom stereocenters. The molecular weight excluding hydrogens is 383 g/mol. The smallest absolute Gasteiger partial charge is 0.341 e. The van der Waals surface area contributed by atoms with Crippen molar-refractivity contribution in [3.05, 3.63) is 33.9 Å². The third kappa shape index (κ3) is 4.30. The van der Waals surface area contributed by atoms with Crippen LogP contribution in [-0.4, -0.2) is 23.6 Å². The number of carbonyl (C=O) groups is 1. The van der Waals surface area contributed by atoms with Crippen molar-refractivity contribution in [1.29, 1.82) is 0 Å². The number of halogens is 3. The molecule has 4 nitrogen and oxygen atoms in total. The lowest BCUT2D eigenvalue weighted by molar-refractivity contribution is -0.0000230. The van der Waals surface area contributed by atoms with E-state index in [9.17, 15) is 4.79 Å². The number of pyridine rings is 1. The van der Waals surface area contributed by atoms with E-state index in [0.29, 0.717) is 33.8 Å². The molecule has 1 aliphatic carbocycles. The van der Waals surface area contributed by atoms with Gasteiger partial charge in [-0.15, -0.1) is 0 Å². The highest BCUT2D eigenvalue weighted by Crippen LogP contribution is 2.36. The molecule has 1 saturated carbocycles. The zero-order valence-corrected chi connectivity index (χ0v) is 16.2. The van der Waals surface area contributed by atoms with Crippen LogP contribution >= 0.6 is 23.2 Å². The lowest BCUT2D eigenvalue weighted by Gasteiger charge is -2.25. The minimum absolute atomic E-state index is 0. The molecular formula is C18H20Cl3N2O2-. The Balaban J connectivity index is 0.00000225. The second-order valence-electron chi connectivity index (χ2n) is 6.00. The number of benzene rings is 1. The number of carbonyl (C=O) groups excluding carboxylic acids is 1. The molecule has 0 aliphatic heterocycles. The van der Waals surface area contributed by atoms with Crippen LogP contribution in [0.3, 0.4) is 0 Å². The van der Waals surface area contributed by atoms with E-state index in [2.05, 4.69) is 10.3 Å². The number of nitrogens with zero attached hydrogens (tertiary/aromatic N) is 1. The lowest BCUT2D eigenvalue weighted by Crippen LogP contribution is -3.00. The van der Waals surface area contributed by atoms with Crippen molar-refractivity contribution >= 4 is 45.8 Å². The van der Waals surface area contributed by atoms with Crippen LogP contribution in [0.5, 0.6) is 0 Å². The average molecular weight is 403 g/mol. The quantitative estimate of drug-likeness (QED) is 0.798. The molecule has 0 radical (unpaired) electrons. The first-order valence-electron chi connectivity index (χ1n) is 8.32. The Bertz CT molecular complexity index is 762. The van der Waals surface area contributed by atoms with Crippen LogP contribution in [0.4, 0.5) is 5.69 Å². The lowest BCUT2D eigenvalue weighted by atomic mass is 9.94. The number of hydrogen-bond donors (Lipinski definition) is 1. The van der Waals surface area contributed by atoms with Gasteiger partial charge in [-0.25, -0.2) is 4.79 Å². The molecule has 1 aromatic heterocycles. The van der Waals surface area contributed by atoms with Gasteiger partial charge >= 0.3 is 5.97 Å². The summed E-state index contributed by atoms with van der Waals surface area (Å²) in [6.45, 7) is 2.11. The fourth-order valence-electron chi connectivity index (χ4n) is 3.18. The molecule has 7 heteroatoms.